The van der Waals surface area contributed by atoms with E-state index in [1.807, 2.05) is 59.3 Å². The summed E-state index contributed by atoms with van der Waals surface area (Å²) in [6.45, 7) is 0. The fourth-order valence-corrected chi connectivity index (χ4v) is 3.05. The maximum absolute atomic E-state index is 6.20. The number of rotatable bonds is 4. The summed E-state index contributed by atoms with van der Waals surface area (Å²) in [6, 6.07) is 15.7. The number of nitrogens with two attached hydrogens (primary N) is 1. The molecular weight excluding hydrogens is 328 g/mol. The molecule has 26 heavy (non-hydrogen) atoms. The third-order valence-electron chi connectivity index (χ3n) is 4.31. The van der Waals surface area contributed by atoms with Crippen LogP contribution < -0.4 is 15.2 Å². The quantitative estimate of drug-likeness (QED) is 0.610. The third-order valence-corrected chi connectivity index (χ3v) is 4.31. The molecule has 6 nitrogen and oxygen atoms in total. The second-order valence-corrected chi connectivity index (χ2v) is 5.81. The molecule has 4 aromatic rings. The first kappa shape index (κ1) is 16.0. The van der Waals surface area contributed by atoms with Gasteiger partial charge < -0.3 is 19.8 Å². The Labute approximate surface area is 150 Å². The number of hydrogen-bond acceptors (Lipinski definition) is 5. The first-order valence-corrected chi connectivity index (χ1v) is 8.11. The monoisotopic (exact) mass is 346 g/mol. The van der Waals surface area contributed by atoms with Crippen LogP contribution in [0.1, 0.15) is 0 Å². The van der Waals surface area contributed by atoms with Crippen LogP contribution in [0.3, 0.4) is 0 Å². The fourth-order valence-electron chi connectivity index (χ4n) is 3.05. The van der Waals surface area contributed by atoms with Gasteiger partial charge in [0.15, 0.2) is 5.65 Å². The van der Waals surface area contributed by atoms with Crippen molar-refractivity contribution < 1.29 is 9.47 Å². The predicted octanol–water partition coefficient (Wildman–Crippen LogP) is 3.69. The molecule has 0 spiro atoms. The maximum atomic E-state index is 6.20. The molecule has 130 valence electrons. The van der Waals surface area contributed by atoms with E-state index in [0.29, 0.717) is 17.3 Å². The van der Waals surface area contributed by atoms with Crippen LogP contribution in [0.2, 0.25) is 0 Å². The molecule has 2 N–H and O–H groups in total. The summed E-state index contributed by atoms with van der Waals surface area (Å²) >= 11 is 0. The lowest BCUT2D eigenvalue weighted by Gasteiger charge is -2.08. The number of nitrogen functional groups attached to an aromatic ring is 1. The zero-order chi connectivity index (χ0) is 18.1. The van der Waals surface area contributed by atoms with Crippen LogP contribution in [0, 0.1) is 0 Å². The van der Waals surface area contributed by atoms with Crippen molar-refractivity contribution in [3.05, 3.63) is 61.1 Å². The first-order chi connectivity index (χ1) is 12.7. The SMILES string of the molecule is COc1cc(OC)cc(-c2cn(-c3ccccc3)c3ncnc(N)c23)c1. The molecule has 2 aromatic carbocycles. The first-order valence-electron chi connectivity index (χ1n) is 8.11. The normalized spacial score (nSPS) is 10.8. The van der Waals surface area contributed by atoms with E-state index in [1.54, 1.807) is 14.2 Å². The highest BCUT2D eigenvalue weighted by molar-refractivity contribution is 6.01. The van der Waals surface area contributed by atoms with E-state index in [9.17, 15) is 0 Å². The van der Waals surface area contributed by atoms with Crippen molar-refractivity contribution in [3.8, 4) is 28.3 Å². The Hall–Kier alpha value is -3.54. The summed E-state index contributed by atoms with van der Waals surface area (Å²) in [5.41, 5.74) is 9.78. The van der Waals surface area contributed by atoms with E-state index >= 15 is 0 Å². The van der Waals surface area contributed by atoms with Gasteiger partial charge in [0.1, 0.15) is 23.6 Å². The van der Waals surface area contributed by atoms with Crippen molar-refractivity contribution >= 4 is 16.9 Å². The molecule has 0 aliphatic carbocycles. The van der Waals surface area contributed by atoms with Gasteiger partial charge in [-0.3, -0.25) is 0 Å². The molecule has 6 heteroatoms. The summed E-state index contributed by atoms with van der Waals surface area (Å²) in [4.78, 5) is 8.64. The lowest BCUT2D eigenvalue weighted by atomic mass is 10.1. The number of methoxy groups -OCH3 is 2. The zero-order valence-electron chi connectivity index (χ0n) is 14.5. The van der Waals surface area contributed by atoms with Gasteiger partial charge in [-0.2, -0.15) is 0 Å². The summed E-state index contributed by atoms with van der Waals surface area (Å²) < 4.78 is 12.8. The van der Waals surface area contributed by atoms with Gasteiger partial charge in [-0.25, -0.2) is 9.97 Å². The zero-order valence-corrected chi connectivity index (χ0v) is 14.5. The maximum Gasteiger partial charge on any atom is 0.150 e. The Morgan fingerprint density at radius 2 is 1.62 bits per heavy atom. The van der Waals surface area contributed by atoms with Gasteiger partial charge in [0, 0.05) is 23.5 Å². The molecule has 0 atom stereocenters. The van der Waals surface area contributed by atoms with Crippen molar-refractivity contribution in [2.75, 3.05) is 20.0 Å². The Balaban J connectivity index is 2.02. The molecule has 0 amide bonds. The van der Waals surface area contributed by atoms with Crippen LogP contribution in [-0.4, -0.2) is 28.8 Å². The standard InChI is InChI=1S/C20H18N4O2/c1-25-15-8-13(9-16(10-15)26-2)17-11-24(14-6-4-3-5-7-14)20-18(17)19(21)22-12-23-20/h3-12H,1-2H3,(H2,21,22,23). The van der Waals surface area contributed by atoms with Crippen molar-refractivity contribution in [1.29, 1.82) is 0 Å². The smallest absolute Gasteiger partial charge is 0.150 e. The van der Waals surface area contributed by atoms with E-state index in [0.717, 1.165) is 27.8 Å². The molecular formula is C20H18N4O2. The molecule has 0 aliphatic heterocycles. The minimum absolute atomic E-state index is 0.432. The Kier molecular flexibility index (Phi) is 3.93. The Morgan fingerprint density at radius 3 is 2.27 bits per heavy atom. The summed E-state index contributed by atoms with van der Waals surface area (Å²) in [5.74, 6) is 1.84. The summed E-state index contributed by atoms with van der Waals surface area (Å²) in [5, 5.41) is 0.798. The average molecular weight is 346 g/mol. The fraction of sp³-hybridized carbons (Fsp3) is 0.100. The third kappa shape index (κ3) is 2.61. The van der Waals surface area contributed by atoms with Crippen LogP contribution in [0.25, 0.3) is 27.8 Å². The molecule has 0 aliphatic rings. The van der Waals surface area contributed by atoms with Gasteiger partial charge >= 0.3 is 0 Å². The lowest BCUT2D eigenvalue weighted by Crippen LogP contribution is -1.96. The Morgan fingerprint density at radius 1 is 0.923 bits per heavy atom. The average Bonchev–Trinajstić information content (AvgIpc) is 3.09. The van der Waals surface area contributed by atoms with Crippen LogP contribution >= 0.6 is 0 Å². The molecule has 2 heterocycles. The molecule has 0 bridgehead atoms. The Bertz CT molecular complexity index is 1050. The van der Waals surface area contributed by atoms with Crippen LogP contribution in [-0.2, 0) is 0 Å². The van der Waals surface area contributed by atoms with E-state index in [-0.39, 0.29) is 0 Å². The summed E-state index contributed by atoms with van der Waals surface area (Å²) in [6.07, 6.45) is 3.49. The number of hydrogen-bond donors (Lipinski definition) is 1. The summed E-state index contributed by atoms with van der Waals surface area (Å²) in [7, 11) is 3.26. The van der Waals surface area contributed by atoms with Gasteiger partial charge in [0.25, 0.3) is 0 Å². The molecule has 4 rings (SSSR count). The molecule has 0 saturated heterocycles. The number of aromatic nitrogens is 3. The van der Waals surface area contributed by atoms with Gasteiger partial charge in [-0.05, 0) is 29.8 Å². The predicted molar refractivity (Wildman–Crippen MR) is 102 cm³/mol. The number of benzene rings is 2. The topological polar surface area (TPSA) is 75.2 Å². The highest BCUT2D eigenvalue weighted by atomic mass is 16.5. The minimum atomic E-state index is 0.432. The highest BCUT2D eigenvalue weighted by Gasteiger charge is 2.17. The van der Waals surface area contributed by atoms with E-state index in [4.69, 9.17) is 15.2 Å². The molecule has 0 radical (unpaired) electrons. The van der Waals surface area contributed by atoms with Crippen molar-refractivity contribution in [2.45, 2.75) is 0 Å². The molecule has 0 unspecified atom stereocenters. The molecule has 0 fully saturated rings. The van der Waals surface area contributed by atoms with E-state index < -0.39 is 0 Å². The van der Waals surface area contributed by atoms with Crippen LogP contribution in [0.15, 0.2) is 61.1 Å². The van der Waals surface area contributed by atoms with Crippen molar-refractivity contribution in [3.63, 3.8) is 0 Å². The minimum Gasteiger partial charge on any atom is -0.497 e. The van der Waals surface area contributed by atoms with Crippen molar-refractivity contribution in [2.24, 2.45) is 0 Å². The van der Waals surface area contributed by atoms with E-state index in [1.165, 1.54) is 6.33 Å². The second kappa shape index (κ2) is 6.40. The van der Waals surface area contributed by atoms with Gasteiger partial charge in [0.05, 0.1) is 19.6 Å². The van der Waals surface area contributed by atoms with Crippen LogP contribution in [0.5, 0.6) is 11.5 Å². The van der Waals surface area contributed by atoms with Crippen molar-refractivity contribution in [1.82, 2.24) is 14.5 Å². The number of nitrogens with zero attached hydrogens (tertiary/aromatic N) is 3. The number of para-hydroxylation sites is 1. The van der Waals surface area contributed by atoms with Crippen LogP contribution in [0.4, 0.5) is 5.82 Å². The highest BCUT2D eigenvalue weighted by Crippen LogP contribution is 2.37. The molecule has 0 saturated carbocycles. The van der Waals surface area contributed by atoms with Gasteiger partial charge in [-0.1, -0.05) is 18.2 Å². The number of anilines is 1. The van der Waals surface area contributed by atoms with Gasteiger partial charge in [0.2, 0.25) is 0 Å². The number of ether oxygens (including phenoxy) is 2. The molecule has 2 aromatic heterocycles. The van der Waals surface area contributed by atoms with Gasteiger partial charge in [-0.15, -0.1) is 0 Å². The number of fused-ring (bicyclic) bond motifs is 1. The second-order valence-electron chi connectivity index (χ2n) is 5.81. The van der Waals surface area contributed by atoms with E-state index in [2.05, 4.69) is 9.97 Å². The largest absolute Gasteiger partial charge is 0.497 e. The lowest BCUT2D eigenvalue weighted by molar-refractivity contribution is 0.394.